The van der Waals surface area contributed by atoms with Crippen molar-refractivity contribution >= 4 is 11.6 Å². The fourth-order valence-corrected chi connectivity index (χ4v) is 1.98. The molecule has 0 saturated carbocycles. The Balaban J connectivity index is 1.97. The number of benzene rings is 1. The number of nitrogens with zero attached hydrogens (tertiary/aromatic N) is 2. The van der Waals surface area contributed by atoms with Crippen molar-refractivity contribution in [3.8, 4) is 0 Å². The van der Waals surface area contributed by atoms with Gasteiger partial charge in [-0.3, -0.25) is 14.9 Å². The largest absolute Gasteiger partial charge is 0.341 e. The maximum absolute atomic E-state index is 11.4. The summed E-state index contributed by atoms with van der Waals surface area (Å²) in [4.78, 5) is 23.3. The molecule has 90 valence electrons. The summed E-state index contributed by atoms with van der Waals surface area (Å²) in [6, 6.07) is 6.58. The van der Waals surface area contributed by atoms with E-state index < -0.39 is 4.92 Å². The molecular weight excluding hydrogens is 220 g/mol. The summed E-state index contributed by atoms with van der Waals surface area (Å²) >= 11 is 0. The average Bonchev–Trinajstić information content (AvgIpc) is 2.27. The van der Waals surface area contributed by atoms with E-state index in [1.807, 2.05) is 11.8 Å². The maximum atomic E-state index is 11.4. The molecule has 0 radical (unpaired) electrons. The molecule has 0 bridgehead atoms. The van der Waals surface area contributed by atoms with Gasteiger partial charge in [0.1, 0.15) is 0 Å². The summed E-state index contributed by atoms with van der Waals surface area (Å²) in [6.07, 6.45) is 0.535. The van der Waals surface area contributed by atoms with E-state index in [-0.39, 0.29) is 11.6 Å². The van der Waals surface area contributed by atoms with E-state index in [2.05, 4.69) is 0 Å². The number of nitro groups is 1. The van der Waals surface area contributed by atoms with Crippen molar-refractivity contribution in [2.75, 3.05) is 13.1 Å². The van der Waals surface area contributed by atoms with Gasteiger partial charge in [-0.2, -0.15) is 0 Å². The van der Waals surface area contributed by atoms with E-state index in [1.54, 1.807) is 12.1 Å². The Bertz CT molecular complexity index is 436. The first-order valence-corrected chi connectivity index (χ1v) is 5.64. The minimum Gasteiger partial charge on any atom is -0.341 e. The number of nitro benzene ring substituents is 1. The molecular formula is C12H14N2O3. The summed E-state index contributed by atoms with van der Waals surface area (Å²) in [5.41, 5.74) is 1.17. The number of hydrogen-bond acceptors (Lipinski definition) is 3. The van der Waals surface area contributed by atoms with E-state index >= 15 is 0 Å². The van der Waals surface area contributed by atoms with Crippen molar-refractivity contribution < 1.29 is 9.72 Å². The molecule has 1 aliphatic rings. The molecule has 0 atom stereocenters. The predicted molar refractivity (Wildman–Crippen MR) is 62.7 cm³/mol. The van der Waals surface area contributed by atoms with Crippen LogP contribution in [0, 0.1) is 10.1 Å². The van der Waals surface area contributed by atoms with Crippen molar-refractivity contribution in [3.05, 3.63) is 39.9 Å². The summed E-state index contributed by atoms with van der Waals surface area (Å²) in [7, 11) is 0. The Morgan fingerprint density at radius 2 is 2.00 bits per heavy atom. The number of carbonyl (C=O) groups is 1. The van der Waals surface area contributed by atoms with Crippen molar-refractivity contribution in [2.45, 2.75) is 19.3 Å². The van der Waals surface area contributed by atoms with Crippen LogP contribution in [0.1, 0.15) is 24.8 Å². The minimum atomic E-state index is -0.405. The number of likely N-dealkylation sites (tertiary alicyclic amines) is 1. The number of carbonyl (C=O) groups excluding carboxylic acids is 1. The minimum absolute atomic E-state index is 0.106. The van der Waals surface area contributed by atoms with E-state index in [0.29, 0.717) is 12.3 Å². The molecule has 0 spiro atoms. The van der Waals surface area contributed by atoms with Gasteiger partial charge in [0.05, 0.1) is 4.92 Å². The van der Waals surface area contributed by atoms with Crippen LogP contribution in [0.3, 0.4) is 0 Å². The molecule has 1 aromatic carbocycles. The summed E-state index contributed by atoms with van der Waals surface area (Å²) in [6.45, 7) is 3.30. The van der Waals surface area contributed by atoms with Gasteiger partial charge in [-0.25, -0.2) is 0 Å². The normalized spacial score (nSPS) is 15.5. The Morgan fingerprint density at radius 3 is 2.47 bits per heavy atom. The third kappa shape index (κ3) is 2.27. The van der Waals surface area contributed by atoms with Gasteiger partial charge in [0.2, 0.25) is 5.91 Å². The SMILES string of the molecule is CCC(=O)N1CC(c2ccc([N+](=O)[O-])cc2)C1. The highest BCUT2D eigenvalue weighted by Crippen LogP contribution is 2.28. The van der Waals surface area contributed by atoms with Crippen LogP contribution in [0.2, 0.25) is 0 Å². The molecule has 0 aliphatic carbocycles. The number of hydrogen-bond donors (Lipinski definition) is 0. The third-order valence-corrected chi connectivity index (χ3v) is 3.11. The Labute approximate surface area is 99.2 Å². The van der Waals surface area contributed by atoms with Crippen molar-refractivity contribution in [1.29, 1.82) is 0 Å². The van der Waals surface area contributed by atoms with E-state index in [9.17, 15) is 14.9 Å². The fourth-order valence-electron chi connectivity index (χ4n) is 1.98. The van der Waals surface area contributed by atoms with Crippen LogP contribution >= 0.6 is 0 Å². The van der Waals surface area contributed by atoms with Crippen LogP contribution < -0.4 is 0 Å². The van der Waals surface area contributed by atoms with Crippen LogP contribution in [0.4, 0.5) is 5.69 Å². The van der Waals surface area contributed by atoms with E-state index in [1.165, 1.54) is 12.1 Å². The van der Waals surface area contributed by atoms with Crippen LogP contribution in [-0.2, 0) is 4.79 Å². The number of amides is 1. The molecule has 1 heterocycles. The monoisotopic (exact) mass is 234 g/mol. The van der Waals surface area contributed by atoms with Gasteiger partial charge in [0.15, 0.2) is 0 Å². The Morgan fingerprint density at radius 1 is 1.41 bits per heavy atom. The van der Waals surface area contributed by atoms with Crippen LogP contribution in [0.15, 0.2) is 24.3 Å². The summed E-state index contributed by atoms with van der Waals surface area (Å²) in [5.74, 6) is 0.495. The quantitative estimate of drug-likeness (QED) is 0.593. The molecule has 5 nitrogen and oxygen atoms in total. The molecule has 1 aromatic rings. The van der Waals surface area contributed by atoms with Crippen molar-refractivity contribution in [2.24, 2.45) is 0 Å². The molecule has 0 N–H and O–H groups in total. The lowest BCUT2D eigenvalue weighted by Crippen LogP contribution is -2.48. The lowest BCUT2D eigenvalue weighted by atomic mass is 9.91. The average molecular weight is 234 g/mol. The second kappa shape index (κ2) is 4.53. The highest BCUT2D eigenvalue weighted by Gasteiger charge is 2.30. The molecule has 1 aliphatic heterocycles. The lowest BCUT2D eigenvalue weighted by Gasteiger charge is -2.39. The summed E-state index contributed by atoms with van der Waals surface area (Å²) in [5, 5.41) is 10.5. The zero-order valence-corrected chi connectivity index (χ0v) is 9.63. The van der Waals surface area contributed by atoms with Crippen LogP contribution in [0.25, 0.3) is 0 Å². The maximum Gasteiger partial charge on any atom is 0.269 e. The van der Waals surface area contributed by atoms with Crippen molar-refractivity contribution in [3.63, 3.8) is 0 Å². The topological polar surface area (TPSA) is 63.5 Å². The van der Waals surface area contributed by atoms with Crippen molar-refractivity contribution in [1.82, 2.24) is 4.90 Å². The van der Waals surface area contributed by atoms with Crippen LogP contribution in [-0.4, -0.2) is 28.8 Å². The van der Waals surface area contributed by atoms with Gasteiger partial charge in [-0.1, -0.05) is 19.1 Å². The van der Waals surface area contributed by atoms with Gasteiger partial charge in [-0.05, 0) is 5.56 Å². The van der Waals surface area contributed by atoms with Gasteiger partial charge in [0, 0.05) is 37.6 Å². The molecule has 1 fully saturated rings. The summed E-state index contributed by atoms with van der Waals surface area (Å²) < 4.78 is 0. The molecule has 2 rings (SSSR count). The second-order valence-electron chi connectivity index (χ2n) is 4.20. The molecule has 17 heavy (non-hydrogen) atoms. The van der Waals surface area contributed by atoms with Gasteiger partial charge in [0.25, 0.3) is 5.69 Å². The Hall–Kier alpha value is -1.91. The van der Waals surface area contributed by atoms with Crippen LogP contribution in [0.5, 0.6) is 0 Å². The van der Waals surface area contributed by atoms with Gasteiger partial charge < -0.3 is 4.90 Å². The lowest BCUT2D eigenvalue weighted by molar-refractivity contribution is -0.384. The first-order valence-electron chi connectivity index (χ1n) is 5.64. The van der Waals surface area contributed by atoms with E-state index in [0.717, 1.165) is 18.7 Å². The van der Waals surface area contributed by atoms with E-state index in [4.69, 9.17) is 0 Å². The highest BCUT2D eigenvalue weighted by molar-refractivity contribution is 5.77. The zero-order valence-electron chi connectivity index (χ0n) is 9.63. The van der Waals surface area contributed by atoms with Gasteiger partial charge >= 0.3 is 0 Å². The fraction of sp³-hybridized carbons (Fsp3) is 0.417. The predicted octanol–water partition coefficient (Wildman–Crippen LogP) is 1.93. The standard InChI is InChI=1S/C12H14N2O3/c1-2-12(15)13-7-10(8-13)9-3-5-11(6-4-9)14(16)17/h3-6,10H,2,7-8H2,1H3. The Kier molecular flexibility index (Phi) is 3.08. The van der Waals surface area contributed by atoms with Gasteiger partial charge in [-0.15, -0.1) is 0 Å². The molecule has 0 aromatic heterocycles. The molecule has 5 heteroatoms. The third-order valence-electron chi connectivity index (χ3n) is 3.11. The first-order chi connectivity index (χ1) is 8.11. The zero-order chi connectivity index (χ0) is 12.4. The first kappa shape index (κ1) is 11.6. The molecule has 0 unspecified atom stereocenters. The number of non-ortho nitro benzene ring substituents is 1. The highest BCUT2D eigenvalue weighted by atomic mass is 16.6. The smallest absolute Gasteiger partial charge is 0.269 e. The molecule has 1 saturated heterocycles. The number of rotatable bonds is 3. The molecule has 1 amide bonds. The second-order valence-corrected chi connectivity index (χ2v) is 4.20.